The van der Waals surface area contributed by atoms with Gasteiger partial charge in [-0.2, -0.15) is 0 Å². The number of fused-ring (bicyclic) bond motifs is 2. The van der Waals surface area contributed by atoms with E-state index in [1.54, 1.807) is 0 Å². The maximum absolute atomic E-state index is 13.0. The van der Waals surface area contributed by atoms with Crippen LogP contribution in [0, 0.1) is 0 Å². The summed E-state index contributed by atoms with van der Waals surface area (Å²) >= 11 is 0. The van der Waals surface area contributed by atoms with Crippen LogP contribution in [0.1, 0.15) is 54.9 Å². The molecule has 1 unspecified atom stereocenters. The average Bonchev–Trinajstić information content (AvgIpc) is 2.79. The van der Waals surface area contributed by atoms with Crippen LogP contribution in [0.5, 0.6) is 5.75 Å². The predicted octanol–water partition coefficient (Wildman–Crippen LogP) is 5.48. The van der Waals surface area contributed by atoms with Gasteiger partial charge in [0, 0.05) is 39.7 Å². The summed E-state index contributed by atoms with van der Waals surface area (Å²) < 4.78 is 6.18. The highest BCUT2D eigenvalue weighted by molar-refractivity contribution is 6.25. The minimum Gasteiger partial charge on any atom is -0.493 e. The third-order valence-electron chi connectivity index (χ3n) is 6.60. The van der Waals surface area contributed by atoms with E-state index in [4.69, 9.17) is 4.74 Å². The number of nitrogens with zero attached hydrogens (tertiary/aromatic N) is 2. The zero-order valence-electron chi connectivity index (χ0n) is 17.6. The first-order valence-corrected chi connectivity index (χ1v) is 11.2. The van der Waals surface area contributed by atoms with Crippen LogP contribution in [-0.2, 0) is 0 Å². The zero-order valence-corrected chi connectivity index (χ0v) is 17.6. The maximum atomic E-state index is 13.0. The standard InChI is InChI=1S/C26H28N2O2/c1-18-8-4-5-15-28(18)16-6-7-17-30-23-12-11-22-24-21(23)13-14-27-25(24)19-9-2-3-10-20(19)26(22)29/h2-3,9-14,18H,4-8,15-17H2,1H3. The molecule has 4 heteroatoms. The van der Waals surface area contributed by atoms with Gasteiger partial charge in [0.1, 0.15) is 5.75 Å². The Hall–Kier alpha value is -2.72. The second-order valence-electron chi connectivity index (χ2n) is 8.50. The molecule has 2 aromatic carbocycles. The van der Waals surface area contributed by atoms with Crippen molar-refractivity contribution >= 4 is 16.6 Å². The van der Waals surface area contributed by atoms with Crippen LogP contribution in [-0.4, -0.2) is 41.4 Å². The van der Waals surface area contributed by atoms with Crippen LogP contribution < -0.4 is 4.74 Å². The number of rotatable bonds is 6. The van der Waals surface area contributed by atoms with Gasteiger partial charge >= 0.3 is 0 Å². The molecule has 0 spiro atoms. The molecule has 0 bridgehead atoms. The summed E-state index contributed by atoms with van der Waals surface area (Å²) in [7, 11) is 0. The Morgan fingerprint density at radius 3 is 2.77 bits per heavy atom. The summed E-state index contributed by atoms with van der Waals surface area (Å²) in [5.74, 6) is 0.911. The van der Waals surface area contributed by atoms with Crippen LogP contribution in [0.25, 0.3) is 22.0 Å². The number of carbonyl (C=O) groups excluding carboxylic acids is 1. The Bertz CT molecular complexity index is 1090. The van der Waals surface area contributed by atoms with Crippen molar-refractivity contribution < 1.29 is 9.53 Å². The van der Waals surface area contributed by atoms with Gasteiger partial charge in [-0.3, -0.25) is 9.78 Å². The molecule has 0 saturated carbocycles. The fourth-order valence-electron chi connectivity index (χ4n) is 4.91. The molecule has 1 aliphatic heterocycles. The third-order valence-corrected chi connectivity index (χ3v) is 6.60. The van der Waals surface area contributed by atoms with E-state index in [0.717, 1.165) is 58.3 Å². The molecule has 0 amide bonds. The average molecular weight is 401 g/mol. The molecule has 30 heavy (non-hydrogen) atoms. The van der Waals surface area contributed by atoms with Gasteiger partial charge < -0.3 is 9.64 Å². The molecule has 0 N–H and O–H groups in total. The smallest absolute Gasteiger partial charge is 0.194 e. The van der Waals surface area contributed by atoms with E-state index < -0.39 is 0 Å². The molecule has 5 rings (SSSR count). The third kappa shape index (κ3) is 3.39. The summed E-state index contributed by atoms with van der Waals surface area (Å²) in [6, 6.07) is 14.3. The summed E-state index contributed by atoms with van der Waals surface area (Å²) in [5.41, 5.74) is 3.24. The molecule has 1 atom stereocenters. The van der Waals surface area contributed by atoms with Crippen molar-refractivity contribution in [2.45, 2.75) is 45.1 Å². The van der Waals surface area contributed by atoms with Crippen molar-refractivity contribution in [3.8, 4) is 17.0 Å². The van der Waals surface area contributed by atoms with Crippen LogP contribution in [0.3, 0.4) is 0 Å². The van der Waals surface area contributed by atoms with E-state index in [0.29, 0.717) is 12.6 Å². The molecule has 1 aliphatic carbocycles. The van der Waals surface area contributed by atoms with Crippen molar-refractivity contribution in [3.05, 3.63) is 59.8 Å². The highest BCUT2D eigenvalue weighted by Gasteiger charge is 2.26. The maximum Gasteiger partial charge on any atom is 0.194 e. The fourth-order valence-corrected chi connectivity index (χ4v) is 4.91. The predicted molar refractivity (Wildman–Crippen MR) is 120 cm³/mol. The number of likely N-dealkylation sites (tertiary alicyclic amines) is 1. The number of pyridine rings is 1. The molecule has 1 aromatic heterocycles. The van der Waals surface area contributed by atoms with Crippen molar-refractivity contribution in [2.75, 3.05) is 19.7 Å². The summed E-state index contributed by atoms with van der Waals surface area (Å²) in [6.07, 6.45) is 8.03. The van der Waals surface area contributed by atoms with E-state index >= 15 is 0 Å². The SMILES string of the molecule is CC1CCCCN1CCCCOc1ccc2c3c(nccc13)-c1ccccc1C2=O. The minimum atomic E-state index is 0.0679. The Labute approximate surface area is 177 Å². The number of aromatic nitrogens is 1. The molecule has 2 heterocycles. The number of carbonyl (C=O) groups is 1. The quantitative estimate of drug-likeness (QED) is 0.402. The van der Waals surface area contributed by atoms with Gasteiger partial charge in [-0.25, -0.2) is 0 Å². The Balaban J connectivity index is 1.32. The molecule has 3 aromatic rings. The molecule has 2 aliphatic rings. The first-order valence-electron chi connectivity index (χ1n) is 11.2. The number of benzene rings is 2. The van der Waals surface area contributed by atoms with Crippen molar-refractivity contribution in [1.82, 2.24) is 9.88 Å². The van der Waals surface area contributed by atoms with Crippen LogP contribution in [0.4, 0.5) is 0 Å². The van der Waals surface area contributed by atoms with E-state index in [-0.39, 0.29) is 5.78 Å². The Morgan fingerprint density at radius 2 is 1.90 bits per heavy atom. The number of unbranched alkanes of at least 4 members (excludes halogenated alkanes) is 1. The topological polar surface area (TPSA) is 42.4 Å². The molecule has 1 fully saturated rings. The number of ether oxygens (including phenoxy) is 1. The minimum absolute atomic E-state index is 0.0679. The van der Waals surface area contributed by atoms with Gasteiger partial charge in [0.05, 0.1) is 12.3 Å². The molecular weight excluding hydrogens is 372 g/mol. The Morgan fingerprint density at radius 1 is 1.03 bits per heavy atom. The van der Waals surface area contributed by atoms with Crippen LogP contribution >= 0.6 is 0 Å². The lowest BCUT2D eigenvalue weighted by Crippen LogP contribution is -2.38. The summed E-state index contributed by atoms with van der Waals surface area (Å²) in [5, 5.41) is 1.89. The monoisotopic (exact) mass is 400 g/mol. The van der Waals surface area contributed by atoms with Gasteiger partial charge in [0.15, 0.2) is 5.78 Å². The van der Waals surface area contributed by atoms with E-state index in [1.807, 2.05) is 48.7 Å². The fraction of sp³-hybridized carbons (Fsp3) is 0.385. The largest absolute Gasteiger partial charge is 0.493 e. The number of ketones is 1. The zero-order chi connectivity index (χ0) is 20.5. The van der Waals surface area contributed by atoms with Crippen LogP contribution in [0.2, 0.25) is 0 Å². The van der Waals surface area contributed by atoms with E-state index in [2.05, 4.69) is 16.8 Å². The van der Waals surface area contributed by atoms with Gasteiger partial charge in [-0.05, 0) is 63.9 Å². The van der Waals surface area contributed by atoms with Crippen LogP contribution in [0.15, 0.2) is 48.7 Å². The second-order valence-corrected chi connectivity index (χ2v) is 8.50. The normalized spacial score (nSPS) is 18.4. The van der Waals surface area contributed by atoms with E-state index in [1.165, 1.54) is 25.8 Å². The molecule has 154 valence electrons. The molecular formula is C26H28N2O2. The van der Waals surface area contributed by atoms with Gasteiger partial charge in [0.2, 0.25) is 0 Å². The number of piperidine rings is 1. The lowest BCUT2D eigenvalue weighted by Gasteiger charge is -2.33. The molecule has 0 radical (unpaired) electrons. The summed E-state index contributed by atoms with van der Waals surface area (Å²) in [4.78, 5) is 20.2. The van der Waals surface area contributed by atoms with Gasteiger partial charge in [-0.1, -0.05) is 30.7 Å². The number of hydrogen-bond donors (Lipinski definition) is 0. The lowest BCUT2D eigenvalue weighted by molar-refractivity contribution is 0.104. The van der Waals surface area contributed by atoms with Crippen molar-refractivity contribution in [2.24, 2.45) is 0 Å². The first kappa shape index (κ1) is 19.3. The van der Waals surface area contributed by atoms with Crippen molar-refractivity contribution in [1.29, 1.82) is 0 Å². The highest BCUT2D eigenvalue weighted by Crippen LogP contribution is 2.40. The highest BCUT2D eigenvalue weighted by atomic mass is 16.5. The number of hydrogen-bond acceptors (Lipinski definition) is 4. The lowest BCUT2D eigenvalue weighted by atomic mass is 9.85. The first-order chi connectivity index (χ1) is 14.7. The second kappa shape index (κ2) is 8.19. The van der Waals surface area contributed by atoms with Gasteiger partial charge in [0.25, 0.3) is 0 Å². The molecule has 4 nitrogen and oxygen atoms in total. The van der Waals surface area contributed by atoms with Crippen molar-refractivity contribution in [3.63, 3.8) is 0 Å². The van der Waals surface area contributed by atoms with Gasteiger partial charge in [-0.15, -0.1) is 0 Å². The Kier molecular flexibility index (Phi) is 5.26. The summed E-state index contributed by atoms with van der Waals surface area (Å²) in [6.45, 7) is 5.43. The molecule has 1 saturated heterocycles. The van der Waals surface area contributed by atoms with E-state index in [9.17, 15) is 4.79 Å².